The van der Waals surface area contributed by atoms with Crippen LogP contribution in [0.15, 0.2) is 24.3 Å². The van der Waals surface area contributed by atoms with Gasteiger partial charge in [-0.05, 0) is 19.1 Å². The molecule has 2 aromatic rings. The Morgan fingerprint density at radius 1 is 0.821 bits per heavy atom. The minimum absolute atomic E-state index is 0.0733. The molecule has 0 amide bonds. The number of aromatic hydroxyl groups is 4. The number of phenolic OH excluding ortho intramolecular Hbond substituents is 3. The normalized spacial score (nSPS) is 9.61. The third-order valence-electron chi connectivity index (χ3n) is 3.27. The van der Waals surface area contributed by atoms with E-state index in [1.54, 1.807) is 6.92 Å². The van der Waals surface area contributed by atoms with Crippen LogP contribution in [0.3, 0.4) is 0 Å². The molecule has 0 saturated carbocycles. The lowest BCUT2D eigenvalue weighted by atomic mass is 10.1. The number of rotatable bonds is 5. The molecular weight excluding hydrogens is 376 g/mol. The molecule has 0 unspecified atom stereocenters. The Morgan fingerprint density at radius 2 is 1.25 bits per heavy atom. The van der Waals surface area contributed by atoms with Crippen LogP contribution in [0.5, 0.6) is 23.0 Å². The first kappa shape index (κ1) is 22.0. The predicted octanol–water partition coefficient (Wildman–Crippen LogP) is 1.70. The van der Waals surface area contributed by atoms with Gasteiger partial charge in [-0.15, -0.1) is 0 Å². The summed E-state index contributed by atoms with van der Waals surface area (Å²) in [6, 6.07) is 3.72. The summed E-state index contributed by atoms with van der Waals surface area (Å²) in [7, 11) is 0. The summed E-state index contributed by atoms with van der Waals surface area (Å²) in [4.78, 5) is 42.5. The lowest BCUT2D eigenvalue weighted by molar-refractivity contribution is 0.0522. The second-order valence-electron chi connectivity index (χ2n) is 5.12. The van der Waals surface area contributed by atoms with Gasteiger partial charge < -0.3 is 30.3 Å². The predicted molar refractivity (Wildman–Crippen MR) is 93.2 cm³/mol. The molecule has 0 atom stereocenters. The van der Waals surface area contributed by atoms with Crippen molar-refractivity contribution in [2.24, 2.45) is 0 Å². The molecular formula is C18H16O10. The van der Waals surface area contributed by atoms with Crippen molar-refractivity contribution in [2.75, 3.05) is 6.61 Å². The number of carbonyl (C=O) groups is 4. The van der Waals surface area contributed by atoms with Crippen LogP contribution in [0.1, 0.15) is 48.4 Å². The molecule has 2 aromatic carbocycles. The SMILES string of the molecule is CCOC(=O)c1cc(C=O)c(O)cc1O.O=Cc1cc(C(=O)O)c(O)cc1O. The zero-order valence-electron chi connectivity index (χ0n) is 14.4. The van der Waals surface area contributed by atoms with Gasteiger partial charge in [0.2, 0.25) is 0 Å². The molecule has 0 fully saturated rings. The van der Waals surface area contributed by atoms with Crippen LogP contribution in [-0.2, 0) is 4.74 Å². The molecule has 0 saturated heterocycles. The number of aromatic carboxylic acids is 1. The van der Waals surface area contributed by atoms with Gasteiger partial charge in [-0.1, -0.05) is 0 Å². The first-order valence-electron chi connectivity index (χ1n) is 7.58. The van der Waals surface area contributed by atoms with E-state index in [1.807, 2.05) is 0 Å². The van der Waals surface area contributed by atoms with Crippen LogP contribution in [0, 0.1) is 0 Å². The van der Waals surface area contributed by atoms with Crippen LogP contribution in [0.25, 0.3) is 0 Å². The fourth-order valence-corrected chi connectivity index (χ4v) is 1.92. The third-order valence-corrected chi connectivity index (χ3v) is 3.27. The molecule has 0 aliphatic heterocycles. The number of aldehydes is 2. The van der Waals surface area contributed by atoms with Crippen molar-refractivity contribution >= 4 is 24.5 Å². The van der Waals surface area contributed by atoms with Crippen LogP contribution >= 0.6 is 0 Å². The molecule has 10 heteroatoms. The summed E-state index contributed by atoms with van der Waals surface area (Å²) in [6.45, 7) is 1.78. The van der Waals surface area contributed by atoms with Gasteiger partial charge in [-0.2, -0.15) is 0 Å². The molecule has 0 aliphatic carbocycles. The lowest BCUT2D eigenvalue weighted by Crippen LogP contribution is -2.05. The van der Waals surface area contributed by atoms with Crippen molar-refractivity contribution in [2.45, 2.75) is 6.92 Å². The van der Waals surface area contributed by atoms with Gasteiger partial charge in [0.15, 0.2) is 12.6 Å². The molecule has 5 N–H and O–H groups in total. The van der Waals surface area contributed by atoms with E-state index in [0.29, 0.717) is 12.6 Å². The molecule has 0 aliphatic rings. The van der Waals surface area contributed by atoms with Gasteiger partial charge >= 0.3 is 11.9 Å². The topological polar surface area (TPSA) is 179 Å². The Morgan fingerprint density at radius 3 is 1.64 bits per heavy atom. The van der Waals surface area contributed by atoms with E-state index in [4.69, 9.17) is 15.3 Å². The maximum Gasteiger partial charge on any atom is 0.341 e. The average molecular weight is 392 g/mol. The molecule has 2 rings (SSSR count). The number of benzene rings is 2. The highest BCUT2D eigenvalue weighted by molar-refractivity contribution is 5.95. The summed E-state index contributed by atoms with van der Waals surface area (Å²) in [5.41, 5.74) is -0.803. The van der Waals surface area contributed by atoms with Crippen molar-refractivity contribution in [3.05, 3.63) is 46.5 Å². The van der Waals surface area contributed by atoms with Gasteiger partial charge in [-0.3, -0.25) is 9.59 Å². The van der Waals surface area contributed by atoms with E-state index >= 15 is 0 Å². The van der Waals surface area contributed by atoms with Crippen LogP contribution in [0.2, 0.25) is 0 Å². The van der Waals surface area contributed by atoms with Crippen molar-refractivity contribution < 1.29 is 49.4 Å². The smallest absolute Gasteiger partial charge is 0.341 e. The molecule has 10 nitrogen and oxygen atoms in total. The van der Waals surface area contributed by atoms with Crippen molar-refractivity contribution in [1.29, 1.82) is 0 Å². The van der Waals surface area contributed by atoms with E-state index in [-0.39, 0.29) is 29.0 Å². The largest absolute Gasteiger partial charge is 0.507 e. The molecule has 0 bridgehead atoms. The summed E-state index contributed by atoms with van der Waals surface area (Å²) in [5, 5.41) is 45.1. The van der Waals surface area contributed by atoms with Crippen molar-refractivity contribution in [3.63, 3.8) is 0 Å². The Kier molecular flexibility index (Phi) is 7.51. The highest BCUT2D eigenvalue weighted by atomic mass is 16.5. The Hall–Kier alpha value is -4.08. The highest BCUT2D eigenvalue weighted by Gasteiger charge is 2.16. The monoisotopic (exact) mass is 392 g/mol. The number of carboxylic acid groups (broad SMARTS) is 1. The second kappa shape index (κ2) is 9.57. The van der Waals surface area contributed by atoms with E-state index in [2.05, 4.69) is 4.74 Å². The van der Waals surface area contributed by atoms with Crippen molar-refractivity contribution in [1.82, 2.24) is 0 Å². The number of carbonyl (C=O) groups excluding carboxylic acids is 3. The first-order chi connectivity index (χ1) is 13.2. The second-order valence-corrected chi connectivity index (χ2v) is 5.12. The fourth-order valence-electron chi connectivity index (χ4n) is 1.92. The number of esters is 1. The molecule has 28 heavy (non-hydrogen) atoms. The summed E-state index contributed by atoms with van der Waals surface area (Å²) < 4.78 is 4.65. The number of phenols is 4. The number of hydrogen-bond donors (Lipinski definition) is 5. The molecule has 0 radical (unpaired) electrons. The summed E-state index contributed by atoms with van der Waals surface area (Å²) >= 11 is 0. The van der Waals surface area contributed by atoms with Crippen LogP contribution < -0.4 is 0 Å². The minimum atomic E-state index is -1.36. The van der Waals surface area contributed by atoms with Crippen LogP contribution in [-0.4, -0.2) is 56.7 Å². The van der Waals surface area contributed by atoms with Gasteiger partial charge in [0.1, 0.15) is 34.1 Å². The van der Waals surface area contributed by atoms with Gasteiger partial charge in [0.05, 0.1) is 17.7 Å². The van der Waals surface area contributed by atoms with Crippen molar-refractivity contribution in [3.8, 4) is 23.0 Å². The number of carboxylic acids is 1. The maximum absolute atomic E-state index is 11.3. The first-order valence-corrected chi connectivity index (χ1v) is 7.58. The standard InChI is InChI=1S/C10H10O5.C8H6O5/c1-2-15-10(14)7-3-6(5-11)8(12)4-9(7)13;9-3-4-1-5(8(12)13)7(11)2-6(4)10/h3-5,12-13H,2H2,1H3;1-3,10-11H,(H,12,13). The highest BCUT2D eigenvalue weighted by Crippen LogP contribution is 2.27. The zero-order chi connectivity index (χ0) is 21.4. The number of ether oxygens (including phenoxy) is 1. The average Bonchev–Trinajstić information content (AvgIpc) is 2.62. The molecule has 0 heterocycles. The summed E-state index contributed by atoms with van der Waals surface area (Å²) in [5.74, 6) is -3.92. The molecule has 0 aromatic heterocycles. The lowest BCUT2D eigenvalue weighted by Gasteiger charge is -2.05. The van der Waals surface area contributed by atoms with Gasteiger partial charge in [0, 0.05) is 12.1 Å². The Balaban J connectivity index is 0.000000283. The van der Waals surface area contributed by atoms with E-state index < -0.39 is 34.8 Å². The summed E-state index contributed by atoms with van der Waals surface area (Å²) in [6.07, 6.45) is 0.693. The van der Waals surface area contributed by atoms with Gasteiger partial charge in [-0.25, -0.2) is 9.59 Å². The Bertz CT molecular complexity index is 917. The van der Waals surface area contributed by atoms with E-state index in [0.717, 1.165) is 24.3 Å². The minimum Gasteiger partial charge on any atom is -0.507 e. The number of hydrogen-bond acceptors (Lipinski definition) is 9. The van der Waals surface area contributed by atoms with Gasteiger partial charge in [0.25, 0.3) is 0 Å². The van der Waals surface area contributed by atoms with Crippen LogP contribution in [0.4, 0.5) is 0 Å². The fraction of sp³-hybridized carbons (Fsp3) is 0.111. The maximum atomic E-state index is 11.3. The van der Waals surface area contributed by atoms with E-state index in [1.165, 1.54) is 0 Å². The molecule has 148 valence electrons. The Labute approximate surface area is 157 Å². The molecule has 0 spiro atoms. The van der Waals surface area contributed by atoms with E-state index in [9.17, 15) is 29.4 Å². The quantitative estimate of drug-likeness (QED) is 0.371. The third kappa shape index (κ3) is 5.21. The zero-order valence-corrected chi connectivity index (χ0v) is 14.4.